The monoisotopic (exact) mass is 907 g/mol. The number of ether oxygens (including phenoxy) is 4. The Morgan fingerprint density at radius 2 is 1.81 bits per heavy atom. The molecule has 0 aromatic heterocycles. The number of urea groups is 1. The Morgan fingerprint density at radius 1 is 1.02 bits per heavy atom. The molecule has 3 heterocycles. The molecular formula is C43H50ClN7O13. The van der Waals surface area contributed by atoms with Crippen LogP contribution in [0, 0.1) is 0 Å². The number of aliphatic hydroxyl groups is 1. The summed E-state index contributed by atoms with van der Waals surface area (Å²) in [7, 11) is 1.54. The molecule has 64 heavy (non-hydrogen) atoms. The molecule has 4 atom stereocenters. The molecule has 0 saturated carbocycles. The second-order valence-corrected chi connectivity index (χ2v) is 15.8. The van der Waals surface area contributed by atoms with Gasteiger partial charge in [-0.25, -0.2) is 14.4 Å². The molecule has 3 aliphatic rings. The van der Waals surface area contributed by atoms with Crippen LogP contribution in [0.4, 0.5) is 15.3 Å². The number of aliphatic carboxylic acids is 1. The first-order chi connectivity index (χ1) is 30.7. The van der Waals surface area contributed by atoms with E-state index in [1.165, 1.54) is 21.9 Å². The summed E-state index contributed by atoms with van der Waals surface area (Å²) in [5, 5.41) is 30.4. The Morgan fingerprint density at radius 3 is 2.56 bits per heavy atom. The molecule has 3 aliphatic heterocycles. The fourth-order valence-electron chi connectivity index (χ4n) is 7.22. The number of amides is 7. The molecule has 21 heteroatoms. The van der Waals surface area contributed by atoms with Gasteiger partial charge in [0.25, 0.3) is 11.8 Å². The van der Waals surface area contributed by atoms with Gasteiger partial charge in [0.2, 0.25) is 18.1 Å². The second kappa shape index (κ2) is 21.8. The Balaban J connectivity index is 0.898. The van der Waals surface area contributed by atoms with Crippen LogP contribution in [0.3, 0.4) is 0 Å². The molecule has 2 saturated heterocycles. The average Bonchev–Trinajstić information content (AvgIpc) is 3.58. The van der Waals surface area contributed by atoms with Crippen molar-refractivity contribution in [3.63, 3.8) is 0 Å². The molecule has 6 rings (SSSR count). The standard InChI is InChI=1S/C43H50ClN7O13/c1-50(43(60)62-23-25-3-8-34(31(17-25)38(54)46-12-11-45)63-37-20-29(52)19-35(64-37)41(57)58)13-15-61-14-10-26-4-5-28(18-32(26)44)48-42(59)47-21-24-2-6-30-27(16-24)22-51(40(30)56)33-7-9-36(53)49-39(33)55/h2-6,8,16-18,29,33,35,37,52H,7,9-15,19-23,45H2,1H3,(H,46,54)(H,57,58)(H2,47,48,59)(H,49,53,55). The number of aliphatic hydroxyl groups excluding tert-OH is 1. The van der Waals surface area contributed by atoms with Crippen LogP contribution in [0.15, 0.2) is 54.6 Å². The summed E-state index contributed by atoms with van der Waals surface area (Å²) < 4.78 is 22.4. The van der Waals surface area contributed by atoms with Crippen LogP contribution in [0.2, 0.25) is 5.02 Å². The molecule has 8 N–H and O–H groups in total. The number of benzene rings is 3. The fraction of sp³-hybridized carbons (Fsp3) is 0.419. The number of fused-ring (bicyclic) bond motifs is 1. The number of nitrogens with two attached hydrogens (primary N) is 1. The molecule has 20 nitrogen and oxygen atoms in total. The minimum atomic E-state index is -1.27. The van der Waals surface area contributed by atoms with Crippen LogP contribution in [-0.2, 0) is 54.7 Å². The van der Waals surface area contributed by atoms with Gasteiger partial charge < -0.3 is 60.6 Å². The number of likely N-dealkylation sites (N-methyl/N-ethyl adjacent to an activating group) is 1. The van der Waals surface area contributed by atoms with Crippen molar-refractivity contribution in [2.45, 2.75) is 76.3 Å². The SMILES string of the molecule is CN(CCOCCc1ccc(NC(=O)NCc2ccc3c(c2)CN(C2CCC(=O)NC2=O)C3=O)cc1Cl)C(=O)OCc1ccc(OC2CC(O)CC(C(=O)O)O2)c(C(=O)NCCN)c1. The number of hydrogen-bond acceptors (Lipinski definition) is 13. The van der Waals surface area contributed by atoms with Gasteiger partial charge in [-0.05, 0) is 65.4 Å². The van der Waals surface area contributed by atoms with Crippen LogP contribution < -0.4 is 31.7 Å². The summed E-state index contributed by atoms with van der Waals surface area (Å²) in [6.45, 7) is 1.27. The zero-order valence-corrected chi connectivity index (χ0v) is 35.7. The number of rotatable bonds is 18. The van der Waals surface area contributed by atoms with Gasteiger partial charge in [0.05, 0.1) is 24.9 Å². The van der Waals surface area contributed by atoms with Crippen molar-refractivity contribution in [3.8, 4) is 5.75 Å². The highest BCUT2D eigenvalue weighted by Gasteiger charge is 2.39. The molecule has 0 bridgehead atoms. The zero-order chi connectivity index (χ0) is 45.9. The molecule has 7 amide bonds. The zero-order valence-electron chi connectivity index (χ0n) is 34.9. The molecular weight excluding hydrogens is 858 g/mol. The Kier molecular flexibility index (Phi) is 16.1. The summed E-state index contributed by atoms with van der Waals surface area (Å²) >= 11 is 6.51. The number of hydrogen-bond donors (Lipinski definition) is 7. The van der Waals surface area contributed by atoms with Crippen molar-refractivity contribution in [2.75, 3.05) is 45.2 Å². The summed E-state index contributed by atoms with van der Waals surface area (Å²) in [4.78, 5) is 89.6. The van der Waals surface area contributed by atoms with Gasteiger partial charge in [-0.3, -0.25) is 24.5 Å². The third-order valence-corrected chi connectivity index (χ3v) is 11.0. The van der Waals surface area contributed by atoms with Gasteiger partial charge in [-0.2, -0.15) is 0 Å². The van der Waals surface area contributed by atoms with Crippen LogP contribution in [0.25, 0.3) is 0 Å². The topological polar surface area (TPSA) is 277 Å². The molecule has 4 unspecified atom stereocenters. The highest BCUT2D eigenvalue weighted by Crippen LogP contribution is 2.30. The Hall–Kier alpha value is -6.32. The second-order valence-electron chi connectivity index (χ2n) is 15.4. The molecule has 0 aliphatic carbocycles. The van der Waals surface area contributed by atoms with Gasteiger partial charge >= 0.3 is 18.1 Å². The lowest BCUT2D eigenvalue weighted by Crippen LogP contribution is -2.52. The van der Waals surface area contributed by atoms with E-state index in [1.807, 2.05) is 6.07 Å². The van der Waals surface area contributed by atoms with Crippen LogP contribution in [0.1, 0.15) is 68.7 Å². The lowest BCUT2D eigenvalue weighted by molar-refractivity contribution is -0.195. The van der Waals surface area contributed by atoms with E-state index in [1.54, 1.807) is 43.4 Å². The maximum atomic E-state index is 13.0. The minimum absolute atomic E-state index is 0.00428. The van der Waals surface area contributed by atoms with E-state index in [0.29, 0.717) is 34.9 Å². The predicted octanol–water partition coefficient (Wildman–Crippen LogP) is 2.27. The normalized spacial score (nSPS) is 19.3. The lowest BCUT2D eigenvalue weighted by atomic mass is 10.0. The molecule has 0 radical (unpaired) electrons. The number of carbonyl (C=O) groups is 7. The summed E-state index contributed by atoms with van der Waals surface area (Å²) in [5.74, 6) is -2.80. The summed E-state index contributed by atoms with van der Waals surface area (Å²) in [6.07, 6.45) is -3.21. The first-order valence-corrected chi connectivity index (χ1v) is 21.0. The van der Waals surface area contributed by atoms with E-state index in [9.17, 15) is 43.8 Å². The van der Waals surface area contributed by atoms with Crippen LogP contribution in [0.5, 0.6) is 5.75 Å². The van der Waals surface area contributed by atoms with Crippen molar-refractivity contribution >= 4 is 59.0 Å². The lowest BCUT2D eigenvalue weighted by Gasteiger charge is -2.31. The van der Waals surface area contributed by atoms with E-state index in [4.69, 9.17) is 36.3 Å². The minimum Gasteiger partial charge on any atom is -0.479 e. The predicted molar refractivity (Wildman–Crippen MR) is 227 cm³/mol. The van der Waals surface area contributed by atoms with Crippen molar-refractivity contribution < 1.29 is 62.7 Å². The maximum Gasteiger partial charge on any atom is 0.409 e. The van der Waals surface area contributed by atoms with Gasteiger partial charge in [0, 0.05) is 75.3 Å². The quantitative estimate of drug-likeness (QED) is 0.0713. The molecule has 3 aromatic carbocycles. The number of halogens is 1. The Labute approximate surface area is 372 Å². The van der Waals surface area contributed by atoms with Crippen LogP contribution >= 0.6 is 11.6 Å². The third kappa shape index (κ3) is 12.4. The smallest absolute Gasteiger partial charge is 0.409 e. The van der Waals surface area contributed by atoms with E-state index >= 15 is 0 Å². The first kappa shape index (κ1) is 47.2. The average molecular weight is 908 g/mol. The fourth-order valence-corrected chi connectivity index (χ4v) is 7.49. The largest absolute Gasteiger partial charge is 0.479 e. The van der Waals surface area contributed by atoms with E-state index < -0.39 is 54.4 Å². The third-order valence-electron chi connectivity index (χ3n) is 10.6. The first-order valence-electron chi connectivity index (χ1n) is 20.6. The van der Waals surface area contributed by atoms with Crippen molar-refractivity contribution in [3.05, 3.63) is 93.0 Å². The number of piperidine rings is 1. The number of carbonyl (C=O) groups excluding carboxylic acids is 6. The number of carboxylic acid groups (broad SMARTS) is 1. The van der Waals surface area contributed by atoms with Crippen LogP contribution in [-0.4, -0.2) is 126 Å². The molecule has 3 aromatic rings. The highest BCUT2D eigenvalue weighted by atomic mass is 35.5. The highest BCUT2D eigenvalue weighted by molar-refractivity contribution is 6.31. The van der Waals surface area contributed by atoms with Gasteiger partial charge in [-0.1, -0.05) is 35.9 Å². The number of carboxylic acids is 1. The van der Waals surface area contributed by atoms with Gasteiger partial charge in [0.1, 0.15) is 18.4 Å². The van der Waals surface area contributed by atoms with Gasteiger partial charge in [-0.15, -0.1) is 0 Å². The number of nitrogens with one attached hydrogen (secondary N) is 4. The maximum absolute atomic E-state index is 13.0. The molecule has 0 spiro atoms. The number of imide groups is 1. The number of nitrogens with zero attached hydrogens (tertiary/aromatic N) is 2. The van der Waals surface area contributed by atoms with Crippen molar-refractivity contribution in [2.24, 2.45) is 5.73 Å². The molecule has 2 fully saturated rings. The summed E-state index contributed by atoms with van der Waals surface area (Å²) in [6, 6.07) is 13.6. The molecule has 342 valence electrons. The summed E-state index contributed by atoms with van der Waals surface area (Å²) in [5.41, 5.74) is 9.29. The number of anilines is 1. The van der Waals surface area contributed by atoms with Gasteiger partial charge in [0.15, 0.2) is 6.10 Å². The van der Waals surface area contributed by atoms with E-state index in [-0.39, 0.29) is 94.7 Å². The van der Waals surface area contributed by atoms with Crippen molar-refractivity contribution in [1.29, 1.82) is 0 Å². The Bertz CT molecular complexity index is 2260. The van der Waals surface area contributed by atoms with Crippen molar-refractivity contribution in [1.82, 2.24) is 25.8 Å². The van der Waals surface area contributed by atoms with E-state index in [2.05, 4.69) is 21.3 Å². The van der Waals surface area contributed by atoms with E-state index in [0.717, 1.165) is 16.7 Å².